The van der Waals surface area contributed by atoms with Crippen LogP contribution in [0.1, 0.15) is 45.1 Å². The summed E-state index contributed by atoms with van der Waals surface area (Å²) in [6.45, 7) is 8.61. The van der Waals surface area contributed by atoms with E-state index in [1.807, 2.05) is 27.7 Å². The Labute approximate surface area is 123 Å². The summed E-state index contributed by atoms with van der Waals surface area (Å²) in [6, 6.07) is 1.13. The van der Waals surface area contributed by atoms with Crippen molar-refractivity contribution in [3.8, 4) is 17.0 Å². The van der Waals surface area contributed by atoms with Gasteiger partial charge in [0.1, 0.15) is 23.5 Å². The third-order valence-corrected chi connectivity index (χ3v) is 3.91. The third kappa shape index (κ3) is 2.07. The summed E-state index contributed by atoms with van der Waals surface area (Å²) >= 11 is 0. The Morgan fingerprint density at radius 1 is 1.43 bits per heavy atom. The van der Waals surface area contributed by atoms with Gasteiger partial charge in [-0.15, -0.1) is 0 Å². The van der Waals surface area contributed by atoms with E-state index in [-0.39, 0.29) is 17.1 Å². The van der Waals surface area contributed by atoms with Crippen LogP contribution in [0.15, 0.2) is 16.7 Å². The zero-order valence-corrected chi connectivity index (χ0v) is 12.6. The van der Waals surface area contributed by atoms with E-state index in [1.54, 1.807) is 0 Å². The van der Waals surface area contributed by atoms with Crippen LogP contribution >= 0.6 is 0 Å². The van der Waals surface area contributed by atoms with Crippen molar-refractivity contribution in [2.24, 2.45) is 0 Å². The molecule has 112 valence electrons. The highest BCUT2D eigenvalue weighted by molar-refractivity contribution is 5.80. The molecule has 0 atom stereocenters. The number of aromatic hydroxyl groups is 1. The Morgan fingerprint density at radius 3 is 2.76 bits per heavy atom. The van der Waals surface area contributed by atoms with Crippen LogP contribution in [0.25, 0.3) is 11.3 Å². The maximum atomic E-state index is 14.5. The average Bonchev–Trinajstić information content (AvgIpc) is 2.96. The van der Waals surface area contributed by atoms with Crippen LogP contribution in [0.2, 0.25) is 0 Å². The first kappa shape index (κ1) is 13.9. The first-order valence-electron chi connectivity index (χ1n) is 7.07. The molecule has 0 amide bonds. The van der Waals surface area contributed by atoms with Crippen molar-refractivity contribution in [2.45, 2.75) is 39.0 Å². The fourth-order valence-corrected chi connectivity index (χ4v) is 2.81. The number of phenols is 1. The second kappa shape index (κ2) is 4.48. The highest BCUT2D eigenvalue weighted by Crippen LogP contribution is 2.48. The largest absolute Gasteiger partial charge is 0.506 e. The minimum atomic E-state index is -0.480. The molecule has 21 heavy (non-hydrogen) atoms. The molecule has 0 fully saturated rings. The molecule has 0 spiro atoms. The van der Waals surface area contributed by atoms with Crippen LogP contribution in [0.5, 0.6) is 5.75 Å². The quantitative estimate of drug-likeness (QED) is 0.820. The van der Waals surface area contributed by atoms with E-state index in [1.165, 1.54) is 6.26 Å². The number of anilines is 1. The number of phenolic OH excluding ortho intramolecular Hbond substituents is 1. The van der Waals surface area contributed by atoms with Crippen molar-refractivity contribution in [2.75, 3.05) is 11.9 Å². The van der Waals surface area contributed by atoms with Crippen LogP contribution in [0, 0.1) is 5.82 Å². The lowest BCUT2D eigenvalue weighted by atomic mass is 9.82. The van der Waals surface area contributed by atoms with Crippen LogP contribution in [-0.4, -0.2) is 16.6 Å². The summed E-state index contributed by atoms with van der Waals surface area (Å²) in [5.41, 5.74) is 1.94. The first-order valence-corrected chi connectivity index (χ1v) is 7.07. The molecule has 0 unspecified atom stereocenters. The van der Waals surface area contributed by atoms with Gasteiger partial charge in [0.15, 0.2) is 5.89 Å². The number of oxazole rings is 1. The third-order valence-electron chi connectivity index (χ3n) is 3.91. The molecular formula is C16H19FN2O2. The molecule has 4 nitrogen and oxygen atoms in total. The van der Waals surface area contributed by atoms with Crippen LogP contribution in [0.3, 0.4) is 0 Å². The standard InChI is InChI=1S/C16H19FN2O2/c1-8(2)15-19-10(6-21-15)12-9(17)5-11(20)14-13(12)16(3,4)7-18-14/h5-6,8,18,20H,7H2,1-4H3. The molecule has 2 heterocycles. The number of aromatic nitrogens is 1. The lowest BCUT2D eigenvalue weighted by Crippen LogP contribution is -2.20. The first-order chi connectivity index (χ1) is 9.81. The number of fused-ring (bicyclic) bond motifs is 1. The van der Waals surface area contributed by atoms with Gasteiger partial charge in [0.25, 0.3) is 0 Å². The zero-order chi connectivity index (χ0) is 15.4. The monoisotopic (exact) mass is 290 g/mol. The molecule has 1 aromatic heterocycles. The van der Waals surface area contributed by atoms with E-state index >= 15 is 0 Å². The van der Waals surface area contributed by atoms with Gasteiger partial charge in [-0.3, -0.25) is 0 Å². The number of hydrogen-bond donors (Lipinski definition) is 2. The lowest BCUT2D eigenvalue weighted by Gasteiger charge is -2.20. The summed E-state index contributed by atoms with van der Waals surface area (Å²) in [5, 5.41) is 13.1. The second-order valence-corrected chi connectivity index (χ2v) is 6.47. The molecular weight excluding hydrogens is 271 g/mol. The smallest absolute Gasteiger partial charge is 0.197 e. The van der Waals surface area contributed by atoms with Gasteiger partial charge in [-0.1, -0.05) is 27.7 Å². The minimum absolute atomic E-state index is 0.0654. The van der Waals surface area contributed by atoms with Gasteiger partial charge in [0.2, 0.25) is 0 Å². The van der Waals surface area contributed by atoms with Gasteiger partial charge >= 0.3 is 0 Å². The Hall–Kier alpha value is -2.04. The number of benzene rings is 1. The highest BCUT2D eigenvalue weighted by atomic mass is 19.1. The number of nitrogens with one attached hydrogen (secondary N) is 1. The molecule has 1 aliphatic heterocycles. The maximum absolute atomic E-state index is 14.5. The van der Waals surface area contributed by atoms with E-state index in [2.05, 4.69) is 10.3 Å². The lowest BCUT2D eigenvalue weighted by molar-refractivity contribution is 0.470. The predicted molar refractivity (Wildman–Crippen MR) is 79.2 cm³/mol. The Morgan fingerprint density at radius 2 is 2.14 bits per heavy atom. The van der Waals surface area contributed by atoms with Crippen molar-refractivity contribution in [3.63, 3.8) is 0 Å². The Kier molecular flexibility index (Phi) is 2.97. The van der Waals surface area contributed by atoms with Crippen molar-refractivity contribution in [3.05, 3.63) is 29.6 Å². The molecule has 3 rings (SSSR count). The van der Waals surface area contributed by atoms with Crippen LogP contribution in [-0.2, 0) is 5.41 Å². The molecule has 0 aliphatic carbocycles. The highest BCUT2D eigenvalue weighted by Gasteiger charge is 2.37. The number of nitrogens with zero attached hydrogens (tertiary/aromatic N) is 1. The Bertz CT molecular complexity index is 705. The van der Waals surface area contributed by atoms with E-state index < -0.39 is 5.82 Å². The van der Waals surface area contributed by atoms with E-state index in [9.17, 15) is 9.50 Å². The molecule has 2 N–H and O–H groups in total. The topological polar surface area (TPSA) is 58.3 Å². The molecule has 0 saturated heterocycles. The van der Waals surface area contributed by atoms with Crippen LogP contribution in [0.4, 0.5) is 10.1 Å². The molecule has 0 bridgehead atoms. The van der Waals surface area contributed by atoms with E-state index in [0.29, 0.717) is 29.4 Å². The number of halogens is 1. The molecule has 0 radical (unpaired) electrons. The van der Waals surface area contributed by atoms with Crippen LogP contribution < -0.4 is 5.32 Å². The SMILES string of the molecule is CC(C)c1nc(-c2c(F)cc(O)c3c2C(C)(C)CN3)co1. The molecule has 5 heteroatoms. The van der Waals surface area contributed by atoms with Crippen molar-refractivity contribution in [1.82, 2.24) is 4.98 Å². The summed E-state index contributed by atoms with van der Waals surface area (Å²) in [4.78, 5) is 4.40. The summed E-state index contributed by atoms with van der Waals surface area (Å²) < 4.78 is 19.9. The predicted octanol–water partition coefficient (Wildman–Crippen LogP) is 4.01. The van der Waals surface area contributed by atoms with Gasteiger partial charge < -0.3 is 14.8 Å². The van der Waals surface area contributed by atoms with Gasteiger partial charge in [-0.25, -0.2) is 9.37 Å². The number of hydrogen-bond acceptors (Lipinski definition) is 4. The van der Waals surface area contributed by atoms with Gasteiger partial charge in [0, 0.05) is 29.5 Å². The number of rotatable bonds is 2. The summed E-state index contributed by atoms with van der Waals surface area (Å²) in [6.07, 6.45) is 1.49. The molecule has 1 aliphatic rings. The fourth-order valence-electron chi connectivity index (χ4n) is 2.81. The van der Waals surface area contributed by atoms with Crippen molar-refractivity contribution < 1.29 is 13.9 Å². The molecule has 0 saturated carbocycles. The van der Waals surface area contributed by atoms with Gasteiger partial charge in [-0.2, -0.15) is 0 Å². The molecule has 2 aromatic rings. The van der Waals surface area contributed by atoms with Crippen molar-refractivity contribution in [1.29, 1.82) is 0 Å². The average molecular weight is 290 g/mol. The minimum Gasteiger partial charge on any atom is -0.506 e. The normalized spacial score (nSPS) is 16.1. The maximum Gasteiger partial charge on any atom is 0.197 e. The summed E-state index contributed by atoms with van der Waals surface area (Å²) in [5.74, 6) is 0.170. The van der Waals surface area contributed by atoms with E-state index in [4.69, 9.17) is 4.42 Å². The summed E-state index contributed by atoms with van der Waals surface area (Å²) in [7, 11) is 0. The van der Waals surface area contributed by atoms with Crippen molar-refractivity contribution >= 4 is 5.69 Å². The molecule has 1 aromatic carbocycles. The second-order valence-electron chi connectivity index (χ2n) is 6.47. The van der Waals surface area contributed by atoms with Gasteiger partial charge in [-0.05, 0) is 5.56 Å². The zero-order valence-electron chi connectivity index (χ0n) is 12.6. The van der Waals surface area contributed by atoms with E-state index in [0.717, 1.165) is 11.6 Å². The Balaban J connectivity index is 2.25. The fraction of sp³-hybridized carbons (Fsp3) is 0.438. The van der Waals surface area contributed by atoms with Gasteiger partial charge in [0.05, 0.1) is 5.69 Å².